The van der Waals surface area contributed by atoms with Crippen LogP contribution >= 0.6 is 11.3 Å². The molecule has 0 bridgehead atoms. The number of thiophene rings is 1. The predicted octanol–water partition coefficient (Wildman–Crippen LogP) is 4.89. The molecule has 0 aliphatic rings. The fourth-order valence-corrected chi connectivity index (χ4v) is 6.32. The molecule has 6 rings (SSSR count). The van der Waals surface area contributed by atoms with Gasteiger partial charge in [0, 0.05) is 42.1 Å². The van der Waals surface area contributed by atoms with E-state index in [0.29, 0.717) is 28.1 Å². The SMILES string of the molecule is CNc1ccc(-c2sc3c(c2CN(C)C)c(=O)n(-c2ccc(-n4cccn4)nc2)c(=O)n3Cc2c(F)cccc2F)cc1. The van der Waals surface area contributed by atoms with Crippen molar-refractivity contribution in [2.75, 3.05) is 26.5 Å². The molecular weight excluding hydrogens is 572 g/mol. The highest BCUT2D eigenvalue weighted by Gasteiger charge is 2.25. The van der Waals surface area contributed by atoms with Gasteiger partial charge in [-0.1, -0.05) is 18.2 Å². The largest absolute Gasteiger partial charge is 0.388 e. The third-order valence-electron chi connectivity index (χ3n) is 7.09. The van der Waals surface area contributed by atoms with Crippen molar-refractivity contribution in [3.05, 3.63) is 123 Å². The molecule has 218 valence electrons. The summed E-state index contributed by atoms with van der Waals surface area (Å²) in [6, 6.07) is 16.3. The predicted molar refractivity (Wildman–Crippen MR) is 164 cm³/mol. The maximum Gasteiger partial charge on any atom is 0.337 e. The number of pyridine rings is 1. The lowest BCUT2D eigenvalue weighted by molar-refractivity contribution is 0.405. The van der Waals surface area contributed by atoms with Gasteiger partial charge in [0.25, 0.3) is 5.56 Å². The van der Waals surface area contributed by atoms with E-state index in [1.807, 2.05) is 50.3 Å². The number of anilines is 1. The van der Waals surface area contributed by atoms with E-state index in [4.69, 9.17) is 0 Å². The van der Waals surface area contributed by atoms with Crippen LogP contribution in [0.25, 0.3) is 32.2 Å². The van der Waals surface area contributed by atoms with Crippen molar-refractivity contribution in [2.45, 2.75) is 13.1 Å². The van der Waals surface area contributed by atoms with Crippen LogP contribution in [0.5, 0.6) is 0 Å². The minimum atomic E-state index is -0.781. The third kappa shape index (κ3) is 5.15. The van der Waals surface area contributed by atoms with Crippen LogP contribution in [0.15, 0.2) is 88.8 Å². The molecule has 0 aliphatic carbocycles. The highest BCUT2D eigenvalue weighted by atomic mass is 32.1. The van der Waals surface area contributed by atoms with Crippen molar-refractivity contribution in [3.63, 3.8) is 0 Å². The Morgan fingerprint density at radius 3 is 2.30 bits per heavy atom. The number of aromatic nitrogens is 5. The normalized spacial score (nSPS) is 11.5. The number of nitrogens with one attached hydrogen (secondary N) is 1. The fourth-order valence-electron chi connectivity index (χ4n) is 5.02. The van der Waals surface area contributed by atoms with Crippen LogP contribution in [-0.2, 0) is 13.1 Å². The summed E-state index contributed by atoms with van der Waals surface area (Å²) < 4.78 is 33.6. The molecule has 2 aromatic carbocycles. The maximum absolute atomic E-state index is 14.9. The van der Waals surface area contributed by atoms with Gasteiger partial charge in [-0.05, 0) is 67.7 Å². The van der Waals surface area contributed by atoms with E-state index in [-0.39, 0.29) is 11.3 Å². The van der Waals surface area contributed by atoms with Crippen LogP contribution in [-0.4, -0.2) is 49.9 Å². The second kappa shape index (κ2) is 11.4. The minimum Gasteiger partial charge on any atom is -0.388 e. The summed E-state index contributed by atoms with van der Waals surface area (Å²) >= 11 is 1.25. The molecule has 1 N–H and O–H groups in total. The molecule has 0 saturated heterocycles. The second-order valence-corrected chi connectivity index (χ2v) is 11.2. The molecule has 0 spiro atoms. The third-order valence-corrected chi connectivity index (χ3v) is 8.39. The number of fused-ring (bicyclic) bond motifs is 1. The summed E-state index contributed by atoms with van der Waals surface area (Å²) in [6.07, 6.45) is 4.75. The summed E-state index contributed by atoms with van der Waals surface area (Å²) in [4.78, 5) is 35.9. The highest BCUT2D eigenvalue weighted by Crippen LogP contribution is 2.38. The first-order valence-electron chi connectivity index (χ1n) is 13.4. The van der Waals surface area contributed by atoms with Gasteiger partial charge in [0.1, 0.15) is 16.5 Å². The standard InChI is InChI=1S/C31H27F2N7O2S/c1-34-20-10-8-19(9-11-20)28-23(17-37(2)3)27-29(41)40(21-12-13-26(35-16-21)39-15-5-14-36-39)31(42)38(30(27)43-28)18-22-24(32)6-4-7-25(22)33/h4-16,34H,17-18H2,1-3H3. The monoisotopic (exact) mass is 599 g/mol. The van der Waals surface area contributed by atoms with E-state index in [9.17, 15) is 18.4 Å². The van der Waals surface area contributed by atoms with Gasteiger partial charge in [0.2, 0.25) is 0 Å². The van der Waals surface area contributed by atoms with Crippen molar-refractivity contribution in [3.8, 4) is 21.9 Å². The summed E-state index contributed by atoms with van der Waals surface area (Å²) in [5.41, 5.74) is 1.16. The zero-order chi connectivity index (χ0) is 30.2. The summed E-state index contributed by atoms with van der Waals surface area (Å²) in [5, 5.41) is 7.57. The molecule has 9 nitrogen and oxygen atoms in total. The summed E-state index contributed by atoms with van der Waals surface area (Å²) in [6.45, 7) is -0.0198. The molecule has 4 aromatic heterocycles. The molecule has 4 heterocycles. The van der Waals surface area contributed by atoms with Crippen molar-refractivity contribution >= 4 is 27.2 Å². The number of benzene rings is 2. The zero-order valence-electron chi connectivity index (χ0n) is 23.6. The van der Waals surface area contributed by atoms with E-state index < -0.39 is 29.4 Å². The lowest BCUT2D eigenvalue weighted by Crippen LogP contribution is -2.39. The van der Waals surface area contributed by atoms with Crippen LogP contribution in [0.2, 0.25) is 0 Å². The first-order valence-corrected chi connectivity index (χ1v) is 14.2. The Morgan fingerprint density at radius 1 is 0.953 bits per heavy atom. The Hall–Kier alpha value is -4.94. The Morgan fingerprint density at radius 2 is 1.70 bits per heavy atom. The summed E-state index contributed by atoms with van der Waals surface area (Å²) in [5.74, 6) is -1.07. The molecule has 0 radical (unpaired) electrons. The van der Waals surface area contributed by atoms with Gasteiger partial charge in [-0.15, -0.1) is 11.3 Å². The average Bonchev–Trinajstić information content (AvgIpc) is 3.66. The average molecular weight is 600 g/mol. The van der Waals surface area contributed by atoms with E-state index in [1.54, 1.807) is 35.3 Å². The van der Waals surface area contributed by atoms with E-state index >= 15 is 0 Å². The fraction of sp³-hybridized carbons (Fsp3) is 0.161. The zero-order valence-corrected chi connectivity index (χ0v) is 24.4. The maximum atomic E-state index is 14.9. The topological polar surface area (TPSA) is 90.0 Å². The van der Waals surface area contributed by atoms with Gasteiger partial charge in [-0.3, -0.25) is 9.36 Å². The number of rotatable bonds is 8. The Kier molecular flexibility index (Phi) is 7.46. The minimum absolute atomic E-state index is 0.220. The number of hydrogen-bond acceptors (Lipinski definition) is 7. The number of halogens is 2. The molecular formula is C31H27F2N7O2S. The molecule has 43 heavy (non-hydrogen) atoms. The van der Waals surface area contributed by atoms with E-state index in [0.717, 1.165) is 32.8 Å². The second-order valence-electron chi connectivity index (χ2n) is 10.2. The van der Waals surface area contributed by atoms with E-state index in [1.165, 1.54) is 28.2 Å². The summed E-state index contributed by atoms with van der Waals surface area (Å²) in [7, 11) is 5.60. The van der Waals surface area contributed by atoms with Crippen molar-refractivity contribution in [1.82, 2.24) is 28.8 Å². The van der Waals surface area contributed by atoms with Crippen LogP contribution in [0, 0.1) is 11.6 Å². The number of nitrogens with zero attached hydrogens (tertiary/aromatic N) is 6. The van der Waals surface area contributed by atoms with Gasteiger partial charge in [0.05, 0.1) is 23.8 Å². The molecule has 0 atom stereocenters. The van der Waals surface area contributed by atoms with Crippen LogP contribution in [0.1, 0.15) is 11.1 Å². The van der Waals surface area contributed by atoms with Gasteiger partial charge < -0.3 is 10.2 Å². The Labute approximate surface area is 248 Å². The molecule has 0 amide bonds. The van der Waals surface area contributed by atoms with Crippen molar-refractivity contribution < 1.29 is 8.78 Å². The van der Waals surface area contributed by atoms with Crippen LogP contribution in [0.3, 0.4) is 0 Å². The molecule has 0 saturated carbocycles. The number of hydrogen-bond donors (Lipinski definition) is 1. The highest BCUT2D eigenvalue weighted by molar-refractivity contribution is 7.22. The van der Waals surface area contributed by atoms with Crippen LogP contribution in [0.4, 0.5) is 14.5 Å². The molecule has 12 heteroatoms. The first-order chi connectivity index (χ1) is 20.8. The molecule has 0 fully saturated rings. The van der Waals surface area contributed by atoms with E-state index in [2.05, 4.69) is 15.4 Å². The van der Waals surface area contributed by atoms with Gasteiger partial charge >= 0.3 is 5.69 Å². The lowest BCUT2D eigenvalue weighted by atomic mass is 10.1. The smallest absolute Gasteiger partial charge is 0.337 e. The molecule has 0 unspecified atom stereocenters. The van der Waals surface area contributed by atoms with Crippen molar-refractivity contribution in [2.24, 2.45) is 0 Å². The Balaban J connectivity index is 1.65. The molecule has 6 aromatic rings. The Bertz CT molecular complexity index is 2030. The van der Waals surface area contributed by atoms with Gasteiger partial charge in [0.15, 0.2) is 5.82 Å². The molecule has 0 aliphatic heterocycles. The van der Waals surface area contributed by atoms with Crippen LogP contribution < -0.4 is 16.6 Å². The van der Waals surface area contributed by atoms with Gasteiger partial charge in [-0.25, -0.2) is 27.8 Å². The first kappa shape index (κ1) is 28.2. The lowest BCUT2D eigenvalue weighted by Gasteiger charge is -2.15. The van der Waals surface area contributed by atoms with Crippen molar-refractivity contribution in [1.29, 1.82) is 0 Å². The van der Waals surface area contributed by atoms with Gasteiger partial charge in [-0.2, -0.15) is 5.10 Å². The quantitative estimate of drug-likeness (QED) is 0.268.